The van der Waals surface area contributed by atoms with Crippen LogP contribution in [0.3, 0.4) is 0 Å². The highest BCUT2D eigenvalue weighted by Gasteiger charge is 2.48. The number of methoxy groups -OCH3 is 1. The Morgan fingerprint density at radius 2 is 2.13 bits per heavy atom. The monoisotopic (exact) mass is 418 g/mol. The number of amides is 1. The highest BCUT2D eigenvalue weighted by Crippen LogP contribution is 2.42. The number of nitrogens with one attached hydrogen (secondary N) is 1. The molecule has 2 saturated heterocycles. The van der Waals surface area contributed by atoms with Gasteiger partial charge in [-0.2, -0.15) is 0 Å². The molecule has 1 aromatic carbocycles. The SMILES string of the molecule is COc1cccc([C@@H]2CN(Cc3c(C)nc4ccccn34)C[C@]23CCCCC(=O)N3)c1. The number of rotatable bonds is 4. The van der Waals surface area contributed by atoms with E-state index in [1.807, 2.05) is 24.3 Å². The van der Waals surface area contributed by atoms with Gasteiger partial charge in [-0.1, -0.05) is 24.6 Å². The van der Waals surface area contributed by atoms with Gasteiger partial charge in [0.2, 0.25) is 5.91 Å². The Bertz CT molecular complexity index is 1110. The van der Waals surface area contributed by atoms with Gasteiger partial charge >= 0.3 is 0 Å². The minimum Gasteiger partial charge on any atom is -0.497 e. The van der Waals surface area contributed by atoms with E-state index in [9.17, 15) is 4.79 Å². The molecule has 5 rings (SSSR count). The Hall–Kier alpha value is -2.86. The van der Waals surface area contributed by atoms with E-state index in [0.29, 0.717) is 6.42 Å². The Kier molecular flexibility index (Phi) is 5.18. The summed E-state index contributed by atoms with van der Waals surface area (Å²) < 4.78 is 7.69. The van der Waals surface area contributed by atoms with Crippen molar-refractivity contribution < 1.29 is 9.53 Å². The van der Waals surface area contributed by atoms with Gasteiger partial charge in [0.1, 0.15) is 11.4 Å². The fourth-order valence-corrected chi connectivity index (χ4v) is 5.48. The van der Waals surface area contributed by atoms with Gasteiger partial charge in [-0.05, 0) is 49.6 Å². The zero-order valence-corrected chi connectivity index (χ0v) is 18.3. The molecule has 2 aliphatic rings. The van der Waals surface area contributed by atoms with Crippen LogP contribution in [0.25, 0.3) is 5.65 Å². The third-order valence-corrected chi connectivity index (χ3v) is 6.98. The molecule has 2 fully saturated rings. The number of carbonyl (C=O) groups excluding carboxylic acids is 1. The molecule has 2 aliphatic heterocycles. The molecule has 0 saturated carbocycles. The van der Waals surface area contributed by atoms with Gasteiger partial charge in [-0.3, -0.25) is 9.69 Å². The maximum Gasteiger partial charge on any atom is 0.220 e. The Labute approximate surface area is 183 Å². The molecular formula is C25H30N4O2. The van der Waals surface area contributed by atoms with E-state index >= 15 is 0 Å². The molecule has 1 N–H and O–H groups in total. The number of pyridine rings is 1. The number of imidazole rings is 1. The van der Waals surface area contributed by atoms with E-state index < -0.39 is 0 Å². The van der Waals surface area contributed by atoms with Crippen molar-refractivity contribution in [3.05, 3.63) is 65.6 Å². The van der Waals surface area contributed by atoms with Gasteiger partial charge in [0.15, 0.2) is 0 Å². The molecule has 0 radical (unpaired) electrons. The molecule has 2 aromatic heterocycles. The Morgan fingerprint density at radius 3 is 3.00 bits per heavy atom. The maximum atomic E-state index is 12.6. The van der Waals surface area contributed by atoms with Crippen molar-refractivity contribution in [3.63, 3.8) is 0 Å². The number of hydrogen-bond donors (Lipinski definition) is 1. The third kappa shape index (κ3) is 3.69. The summed E-state index contributed by atoms with van der Waals surface area (Å²) in [5.74, 6) is 1.27. The lowest BCUT2D eigenvalue weighted by Crippen LogP contribution is -2.52. The molecule has 6 nitrogen and oxygen atoms in total. The normalized spacial score (nSPS) is 24.5. The van der Waals surface area contributed by atoms with Crippen molar-refractivity contribution in [3.8, 4) is 5.75 Å². The van der Waals surface area contributed by atoms with Crippen molar-refractivity contribution >= 4 is 11.6 Å². The molecule has 6 heteroatoms. The summed E-state index contributed by atoms with van der Waals surface area (Å²) in [5, 5.41) is 3.46. The predicted molar refractivity (Wildman–Crippen MR) is 120 cm³/mol. The number of fused-ring (bicyclic) bond motifs is 1. The largest absolute Gasteiger partial charge is 0.497 e. The first-order valence-electron chi connectivity index (χ1n) is 11.2. The van der Waals surface area contributed by atoms with E-state index in [1.54, 1.807) is 7.11 Å². The van der Waals surface area contributed by atoms with Crippen molar-refractivity contribution in [2.24, 2.45) is 0 Å². The van der Waals surface area contributed by atoms with Crippen LogP contribution in [0.15, 0.2) is 48.7 Å². The molecule has 1 spiro atoms. The minimum atomic E-state index is -0.242. The van der Waals surface area contributed by atoms with Crippen LogP contribution in [0.5, 0.6) is 5.75 Å². The molecule has 31 heavy (non-hydrogen) atoms. The predicted octanol–water partition coefficient (Wildman–Crippen LogP) is 3.68. The molecule has 0 bridgehead atoms. The minimum absolute atomic E-state index is 0.179. The average molecular weight is 419 g/mol. The van der Waals surface area contributed by atoms with Crippen LogP contribution >= 0.6 is 0 Å². The average Bonchev–Trinajstić information content (AvgIpc) is 3.21. The van der Waals surface area contributed by atoms with Gasteiger partial charge in [0.25, 0.3) is 0 Å². The van der Waals surface area contributed by atoms with Crippen molar-refractivity contribution in [2.75, 3.05) is 20.2 Å². The maximum absolute atomic E-state index is 12.6. The van der Waals surface area contributed by atoms with Gasteiger partial charge in [-0.15, -0.1) is 0 Å². The fourth-order valence-electron chi connectivity index (χ4n) is 5.48. The van der Waals surface area contributed by atoms with Gasteiger partial charge < -0.3 is 14.5 Å². The van der Waals surface area contributed by atoms with Crippen LogP contribution in [0, 0.1) is 6.92 Å². The van der Waals surface area contributed by atoms with Crippen molar-refractivity contribution in [1.29, 1.82) is 0 Å². The highest BCUT2D eigenvalue weighted by molar-refractivity contribution is 5.77. The van der Waals surface area contributed by atoms with E-state index in [0.717, 1.165) is 56.0 Å². The first-order chi connectivity index (χ1) is 15.1. The Morgan fingerprint density at radius 1 is 1.23 bits per heavy atom. The van der Waals surface area contributed by atoms with E-state index in [1.165, 1.54) is 11.3 Å². The van der Waals surface area contributed by atoms with Crippen LogP contribution in [-0.2, 0) is 11.3 Å². The number of benzene rings is 1. The van der Waals surface area contributed by atoms with Gasteiger partial charge in [-0.25, -0.2) is 4.98 Å². The summed E-state index contributed by atoms with van der Waals surface area (Å²) in [4.78, 5) is 19.8. The van der Waals surface area contributed by atoms with E-state index in [-0.39, 0.29) is 17.4 Å². The first kappa shape index (κ1) is 20.1. The quantitative estimate of drug-likeness (QED) is 0.702. The lowest BCUT2D eigenvalue weighted by atomic mass is 9.79. The molecular weight excluding hydrogens is 388 g/mol. The van der Waals surface area contributed by atoms with Crippen LogP contribution in [0.2, 0.25) is 0 Å². The number of hydrogen-bond acceptors (Lipinski definition) is 4. The third-order valence-electron chi connectivity index (χ3n) is 6.98. The van der Waals surface area contributed by atoms with Gasteiger partial charge in [0.05, 0.1) is 24.0 Å². The van der Waals surface area contributed by atoms with E-state index in [4.69, 9.17) is 9.72 Å². The molecule has 3 aromatic rings. The van der Waals surface area contributed by atoms with Crippen LogP contribution in [0.1, 0.15) is 48.6 Å². The van der Waals surface area contributed by atoms with Gasteiger partial charge in [0, 0.05) is 38.2 Å². The first-order valence-corrected chi connectivity index (χ1v) is 11.2. The summed E-state index contributed by atoms with van der Waals surface area (Å²) in [7, 11) is 1.71. The summed E-state index contributed by atoms with van der Waals surface area (Å²) >= 11 is 0. The second-order valence-electron chi connectivity index (χ2n) is 8.98. The summed E-state index contributed by atoms with van der Waals surface area (Å²) in [6, 6.07) is 14.5. The number of carbonyl (C=O) groups is 1. The molecule has 4 heterocycles. The summed E-state index contributed by atoms with van der Waals surface area (Å²) in [6.45, 7) is 4.64. The molecule has 162 valence electrons. The zero-order chi connectivity index (χ0) is 21.4. The number of aromatic nitrogens is 2. The molecule has 1 amide bonds. The molecule has 2 atom stereocenters. The summed E-state index contributed by atoms with van der Waals surface area (Å²) in [6.07, 6.45) is 5.75. The zero-order valence-electron chi connectivity index (χ0n) is 18.3. The number of aryl methyl sites for hydroxylation is 1. The van der Waals surface area contributed by atoms with Crippen molar-refractivity contribution in [1.82, 2.24) is 19.6 Å². The lowest BCUT2D eigenvalue weighted by molar-refractivity contribution is -0.122. The number of ether oxygens (including phenoxy) is 1. The van der Waals surface area contributed by atoms with E-state index in [2.05, 4.69) is 45.9 Å². The van der Waals surface area contributed by atoms with Crippen molar-refractivity contribution in [2.45, 2.75) is 50.6 Å². The smallest absolute Gasteiger partial charge is 0.220 e. The highest BCUT2D eigenvalue weighted by atomic mass is 16.5. The summed E-state index contributed by atoms with van der Waals surface area (Å²) in [5.41, 5.74) is 4.26. The van der Waals surface area contributed by atoms with Crippen LogP contribution in [0.4, 0.5) is 0 Å². The second-order valence-corrected chi connectivity index (χ2v) is 8.98. The lowest BCUT2D eigenvalue weighted by Gasteiger charge is -2.35. The number of nitrogens with zero attached hydrogens (tertiary/aromatic N) is 3. The Balaban J connectivity index is 1.50. The number of likely N-dealkylation sites (tertiary alicyclic amines) is 1. The fraction of sp³-hybridized carbons (Fsp3) is 0.440. The molecule has 0 aliphatic carbocycles. The van der Waals surface area contributed by atoms with Crippen LogP contribution < -0.4 is 10.1 Å². The van der Waals surface area contributed by atoms with Crippen LogP contribution in [-0.4, -0.2) is 45.9 Å². The standard InChI is InChI=1S/C25H30N4O2/c1-18-22(29-13-6-4-10-23(29)26-18)16-28-15-21(19-8-7-9-20(14-19)31-2)25(17-28)12-5-3-11-24(30)27-25/h4,6-10,13-14,21H,3,5,11-12,15-17H2,1-2H3,(H,27,30)/t21-,25+/m0/s1. The topological polar surface area (TPSA) is 58.9 Å². The second kappa shape index (κ2) is 8.00. The molecule has 0 unspecified atom stereocenters.